The van der Waals surface area contributed by atoms with Crippen LogP contribution in [0.4, 0.5) is 11.4 Å². The Morgan fingerprint density at radius 3 is 1.12 bits per heavy atom. The predicted molar refractivity (Wildman–Crippen MR) is 159 cm³/mol. The van der Waals surface area contributed by atoms with E-state index in [-0.39, 0.29) is 34.8 Å². The molecule has 42 heavy (non-hydrogen) atoms. The number of nitro groups is 2. The normalized spacial score (nSPS) is 19.5. The number of benzene rings is 4. The molecule has 1 aliphatic carbocycles. The summed E-state index contributed by atoms with van der Waals surface area (Å²) in [6.07, 6.45) is 1.72. The van der Waals surface area contributed by atoms with Crippen LogP contribution < -0.4 is 0 Å². The maximum Gasteiger partial charge on any atom is 0.269 e. The minimum absolute atomic E-state index is 0.126. The van der Waals surface area contributed by atoms with E-state index in [1.165, 1.54) is 48.5 Å². The van der Waals surface area contributed by atoms with Crippen LogP contribution in [0.2, 0.25) is 0 Å². The zero-order valence-electron chi connectivity index (χ0n) is 23.3. The lowest BCUT2D eigenvalue weighted by Crippen LogP contribution is -2.51. The van der Waals surface area contributed by atoms with E-state index in [4.69, 9.17) is 0 Å². The number of nitro benzene ring substituents is 2. The summed E-state index contributed by atoms with van der Waals surface area (Å²) in [5, 5.41) is 22.4. The van der Waals surface area contributed by atoms with Gasteiger partial charge < -0.3 is 0 Å². The van der Waals surface area contributed by atoms with Gasteiger partial charge in [0, 0.05) is 59.1 Å². The van der Waals surface area contributed by atoms with Crippen molar-refractivity contribution in [3.63, 3.8) is 0 Å². The third-order valence-electron chi connectivity index (χ3n) is 8.42. The number of carbonyl (C=O) groups excluding carboxylic acids is 2. The van der Waals surface area contributed by atoms with Crippen molar-refractivity contribution in [1.29, 1.82) is 0 Å². The van der Waals surface area contributed by atoms with Crippen molar-refractivity contribution >= 4 is 22.9 Å². The Bertz CT molecular complexity index is 1500. The standard InChI is InChI=1S/C34H30N2O6/c1-3-21-5-9-23(10-6-21)29-30(24-11-7-22(4-2)8-12-24)32(34(38)26-15-19-28(20-16-26)36(41)42)31(29)33(37)25-13-17-27(18-14-25)35(39)40/h5-20,29-32H,3-4H2,1-2H3/t29-,30-,31+,32+/m0/s1. The van der Waals surface area contributed by atoms with Crippen molar-refractivity contribution in [3.8, 4) is 0 Å². The molecule has 0 bridgehead atoms. The van der Waals surface area contributed by atoms with E-state index in [9.17, 15) is 29.8 Å². The average Bonchev–Trinajstić information content (AvgIpc) is 3.01. The van der Waals surface area contributed by atoms with Gasteiger partial charge in [0.2, 0.25) is 0 Å². The average molecular weight is 563 g/mol. The molecule has 0 amide bonds. The number of ketones is 2. The van der Waals surface area contributed by atoms with Gasteiger partial charge in [0.05, 0.1) is 9.85 Å². The molecule has 8 nitrogen and oxygen atoms in total. The molecule has 8 heteroatoms. The summed E-state index contributed by atoms with van der Waals surface area (Å²) in [7, 11) is 0. The summed E-state index contributed by atoms with van der Waals surface area (Å²) in [6.45, 7) is 4.13. The lowest BCUT2D eigenvalue weighted by Gasteiger charge is -2.51. The van der Waals surface area contributed by atoms with Crippen molar-refractivity contribution in [2.75, 3.05) is 0 Å². The molecule has 0 unspecified atom stereocenters. The Kier molecular flexibility index (Phi) is 8.06. The fraction of sp³-hybridized carbons (Fsp3) is 0.235. The Hall–Kier alpha value is -4.98. The van der Waals surface area contributed by atoms with E-state index in [1.807, 2.05) is 48.5 Å². The van der Waals surface area contributed by atoms with Crippen LogP contribution in [-0.4, -0.2) is 21.4 Å². The van der Waals surface area contributed by atoms with Gasteiger partial charge in [-0.3, -0.25) is 29.8 Å². The fourth-order valence-corrected chi connectivity index (χ4v) is 6.06. The molecular weight excluding hydrogens is 532 g/mol. The molecule has 0 saturated heterocycles. The maximum atomic E-state index is 14.2. The van der Waals surface area contributed by atoms with E-state index in [2.05, 4.69) is 13.8 Å². The van der Waals surface area contributed by atoms with Gasteiger partial charge in [-0.05, 0) is 59.4 Å². The summed E-state index contributed by atoms with van der Waals surface area (Å²) >= 11 is 0. The highest BCUT2D eigenvalue weighted by atomic mass is 16.6. The molecule has 4 atom stereocenters. The first kappa shape index (κ1) is 28.5. The second-order valence-corrected chi connectivity index (χ2v) is 10.6. The molecule has 0 spiro atoms. The highest BCUT2D eigenvalue weighted by Crippen LogP contribution is 2.59. The van der Waals surface area contributed by atoms with Crippen LogP contribution in [0.3, 0.4) is 0 Å². The minimum atomic E-state index is -0.738. The minimum Gasteiger partial charge on any atom is -0.294 e. The Labute approximate surface area is 243 Å². The van der Waals surface area contributed by atoms with Crippen molar-refractivity contribution in [2.24, 2.45) is 11.8 Å². The van der Waals surface area contributed by atoms with E-state index >= 15 is 0 Å². The topological polar surface area (TPSA) is 120 Å². The fourth-order valence-electron chi connectivity index (χ4n) is 6.06. The van der Waals surface area contributed by atoms with Crippen LogP contribution in [0.25, 0.3) is 0 Å². The monoisotopic (exact) mass is 562 g/mol. The van der Waals surface area contributed by atoms with Gasteiger partial charge in [0.25, 0.3) is 11.4 Å². The molecule has 0 N–H and O–H groups in total. The van der Waals surface area contributed by atoms with E-state index < -0.39 is 21.7 Å². The van der Waals surface area contributed by atoms with Crippen LogP contribution in [0.15, 0.2) is 97.1 Å². The highest BCUT2D eigenvalue weighted by Gasteiger charge is 2.57. The lowest BCUT2D eigenvalue weighted by molar-refractivity contribution is -0.385. The molecule has 1 fully saturated rings. The van der Waals surface area contributed by atoms with Gasteiger partial charge in [-0.15, -0.1) is 0 Å². The van der Waals surface area contributed by atoms with Crippen molar-refractivity contribution < 1.29 is 19.4 Å². The lowest BCUT2D eigenvalue weighted by atomic mass is 9.49. The Balaban J connectivity index is 1.63. The van der Waals surface area contributed by atoms with Crippen molar-refractivity contribution in [2.45, 2.75) is 38.5 Å². The van der Waals surface area contributed by atoms with Crippen LogP contribution in [-0.2, 0) is 12.8 Å². The van der Waals surface area contributed by atoms with Gasteiger partial charge in [0.15, 0.2) is 11.6 Å². The van der Waals surface area contributed by atoms with Crippen LogP contribution in [0, 0.1) is 32.1 Å². The quantitative estimate of drug-likeness (QED) is 0.112. The Morgan fingerprint density at radius 1 is 0.548 bits per heavy atom. The summed E-state index contributed by atoms with van der Waals surface area (Å²) in [4.78, 5) is 49.7. The van der Waals surface area contributed by atoms with Crippen LogP contribution >= 0.6 is 0 Å². The molecule has 0 heterocycles. The van der Waals surface area contributed by atoms with E-state index in [1.54, 1.807) is 0 Å². The van der Waals surface area contributed by atoms with Gasteiger partial charge in [-0.25, -0.2) is 0 Å². The summed E-state index contributed by atoms with van der Waals surface area (Å²) in [5.74, 6) is -2.65. The van der Waals surface area contributed by atoms with Gasteiger partial charge in [-0.2, -0.15) is 0 Å². The second kappa shape index (κ2) is 11.9. The molecule has 4 aromatic carbocycles. The number of carbonyl (C=O) groups is 2. The number of Topliss-reactive ketones (excluding diaryl/α,β-unsaturated/α-hetero) is 2. The molecule has 0 aliphatic heterocycles. The third kappa shape index (κ3) is 5.35. The van der Waals surface area contributed by atoms with E-state index in [0.29, 0.717) is 11.1 Å². The van der Waals surface area contributed by atoms with E-state index in [0.717, 1.165) is 35.1 Å². The van der Waals surface area contributed by atoms with Crippen molar-refractivity contribution in [1.82, 2.24) is 0 Å². The summed E-state index contributed by atoms with van der Waals surface area (Å²) in [5.41, 5.74) is 4.51. The van der Waals surface area contributed by atoms with Gasteiger partial charge in [-0.1, -0.05) is 62.4 Å². The number of aryl methyl sites for hydroxylation is 2. The first-order chi connectivity index (χ1) is 20.2. The van der Waals surface area contributed by atoms with Gasteiger partial charge >= 0.3 is 0 Å². The molecule has 0 aromatic heterocycles. The summed E-state index contributed by atoms with van der Waals surface area (Å²) in [6, 6.07) is 27.1. The molecule has 5 rings (SSSR count). The first-order valence-corrected chi connectivity index (χ1v) is 14.0. The zero-order chi connectivity index (χ0) is 30.0. The largest absolute Gasteiger partial charge is 0.294 e. The SMILES string of the molecule is CCc1ccc([C@@H]2[C@@H](C(=O)c3ccc([N+](=O)[O-])cc3)[C@H](C(=O)c3ccc([N+](=O)[O-])cc3)[C@H]2c2ccc(CC)cc2)cc1. The summed E-state index contributed by atoms with van der Waals surface area (Å²) < 4.78 is 0. The molecule has 1 aliphatic rings. The highest BCUT2D eigenvalue weighted by molar-refractivity contribution is 6.07. The number of hydrogen-bond donors (Lipinski definition) is 0. The van der Waals surface area contributed by atoms with Gasteiger partial charge in [0.1, 0.15) is 0 Å². The molecule has 1 saturated carbocycles. The van der Waals surface area contributed by atoms with Crippen molar-refractivity contribution in [3.05, 3.63) is 151 Å². The molecule has 212 valence electrons. The molecular formula is C34H30N2O6. The predicted octanol–water partition coefficient (Wildman–Crippen LogP) is 7.51. The molecule has 0 radical (unpaired) electrons. The number of rotatable bonds is 10. The second-order valence-electron chi connectivity index (χ2n) is 10.6. The van der Waals surface area contributed by atoms with Crippen LogP contribution in [0.5, 0.6) is 0 Å². The maximum absolute atomic E-state index is 14.2. The number of nitrogens with zero attached hydrogens (tertiary/aromatic N) is 2. The number of non-ortho nitro benzene ring substituents is 2. The first-order valence-electron chi connectivity index (χ1n) is 14.0. The smallest absolute Gasteiger partial charge is 0.269 e. The zero-order valence-corrected chi connectivity index (χ0v) is 23.3. The number of hydrogen-bond acceptors (Lipinski definition) is 6. The Morgan fingerprint density at radius 2 is 0.857 bits per heavy atom. The van der Waals surface area contributed by atoms with Crippen LogP contribution in [0.1, 0.15) is 68.7 Å². The molecule has 4 aromatic rings. The third-order valence-corrected chi connectivity index (χ3v) is 8.42.